The minimum absolute atomic E-state index is 0.641. The molecule has 5 heteroatoms. The van der Waals surface area contributed by atoms with Gasteiger partial charge in [0.1, 0.15) is 0 Å². The van der Waals surface area contributed by atoms with Crippen LogP contribution in [-0.2, 0) is 18.0 Å². The summed E-state index contributed by atoms with van der Waals surface area (Å²) >= 11 is 0. The molecule has 0 spiro atoms. The molecule has 0 aliphatic heterocycles. The van der Waals surface area contributed by atoms with E-state index in [1.807, 2.05) is 20.8 Å². The molecule has 0 aromatic heterocycles. The zero-order valence-electron chi connectivity index (χ0n) is 11.8. The van der Waals surface area contributed by atoms with E-state index >= 15 is 0 Å². The lowest BCUT2D eigenvalue weighted by Crippen LogP contribution is -2.46. The van der Waals surface area contributed by atoms with Crippen LogP contribution in [0, 0.1) is 0 Å². The summed E-state index contributed by atoms with van der Waals surface area (Å²) in [5, 5.41) is 0. The molecule has 0 aromatic carbocycles. The van der Waals surface area contributed by atoms with Gasteiger partial charge < -0.3 is 18.0 Å². The van der Waals surface area contributed by atoms with Crippen LogP contribution in [0.2, 0.25) is 6.04 Å². The molecule has 17 heavy (non-hydrogen) atoms. The Kier molecular flexibility index (Phi) is 11.2. The number of ether oxygens (including phenoxy) is 1. The fraction of sp³-hybridized carbons (Fsp3) is 1.00. The van der Waals surface area contributed by atoms with Crippen molar-refractivity contribution in [3.8, 4) is 0 Å². The molecule has 0 N–H and O–H groups in total. The van der Waals surface area contributed by atoms with Gasteiger partial charge >= 0.3 is 8.80 Å². The molecule has 0 aliphatic rings. The summed E-state index contributed by atoms with van der Waals surface area (Å²) in [6, 6.07) is 0.840. The zero-order valence-corrected chi connectivity index (χ0v) is 12.8. The molecule has 0 heterocycles. The lowest BCUT2D eigenvalue weighted by molar-refractivity contribution is 0.0660. The first-order chi connectivity index (χ1) is 8.24. The van der Waals surface area contributed by atoms with E-state index in [9.17, 15) is 0 Å². The van der Waals surface area contributed by atoms with Crippen molar-refractivity contribution in [2.24, 2.45) is 0 Å². The Bertz CT molecular complexity index is 150. The predicted octanol–water partition coefficient (Wildman–Crippen LogP) is 2.85. The highest BCUT2D eigenvalue weighted by Crippen LogP contribution is 2.18. The Morgan fingerprint density at radius 2 is 1.29 bits per heavy atom. The van der Waals surface area contributed by atoms with Crippen molar-refractivity contribution in [1.82, 2.24) is 0 Å². The summed E-state index contributed by atoms with van der Waals surface area (Å²) < 4.78 is 22.7. The zero-order chi connectivity index (χ0) is 13.0. The first kappa shape index (κ1) is 17.1. The molecule has 0 saturated heterocycles. The van der Waals surface area contributed by atoms with Crippen molar-refractivity contribution in [2.45, 2.75) is 46.6 Å². The van der Waals surface area contributed by atoms with Crippen LogP contribution in [0.5, 0.6) is 0 Å². The third-order valence-electron chi connectivity index (χ3n) is 2.21. The van der Waals surface area contributed by atoms with E-state index in [4.69, 9.17) is 18.0 Å². The summed E-state index contributed by atoms with van der Waals surface area (Å²) in [5.41, 5.74) is 0. The normalized spacial score (nSPS) is 12.0. The Balaban J connectivity index is 4.05. The first-order valence-electron chi connectivity index (χ1n) is 6.74. The van der Waals surface area contributed by atoms with Crippen LogP contribution in [0.3, 0.4) is 0 Å². The Labute approximate surface area is 107 Å². The predicted molar refractivity (Wildman–Crippen MR) is 71.2 cm³/mol. The second-order valence-corrected chi connectivity index (χ2v) is 6.43. The summed E-state index contributed by atoms with van der Waals surface area (Å²) in [6.45, 7) is 11.6. The van der Waals surface area contributed by atoms with Crippen LogP contribution in [0.25, 0.3) is 0 Å². The van der Waals surface area contributed by atoms with Gasteiger partial charge in [-0.05, 0) is 33.6 Å². The molecule has 0 fully saturated rings. The standard InChI is InChI=1S/C12H28O4Si/c1-5-10-13-11-9-12-17(14-6-2,15-7-3)16-8-4/h5-12H2,1-4H3. The average molecular weight is 264 g/mol. The van der Waals surface area contributed by atoms with Gasteiger partial charge in [-0.15, -0.1) is 0 Å². The second-order valence-electron chi connectivity index (χ2n) is 3.70. The molecule has 0 saturated carbocycles. The van der Waals surface area contributed by atoms with Crippen molar-refractivity contribution in [1.29, 1.82) is 0 Å². The third kappa shape index (κ3) is 7.89. The van der Waals surface area contributed by atoms with Gasteiger partial charge in [0.15, 0.2) is 0 Å². The fourth-order valence-corrected chi connectivity index (χ4v) is 4.22. The smallest absolute Gasteiger partial charge is 0.381 e. The highest BCUT2D eigenvalue weighted by Gasteiger charge is 2.39. The Morgan fingerprint density at radius 1 is 0.765 bits per heavy atom. The van der Waals surface area contributed by atoms with Gasteiger partial charge in [-0.25, -0.2) is 0 Å². The van der Waals surface area contributed by atoms with E-state index in [-0.39, 0.29) is 0 Å². The minimum atomic E-state index is -2.44. The average Bonchev–Trinajstić information content (AvgIpc) is 2.30. The maximum absolute atomic E-state index is 5.76. The van der Waals surface area contributed by atoms with Crippen molar-refractivity contribution in [3.63, 3.8) is 0 Å². The van der Waals surface area contributed by atoms with E-state index in [2.05, 4.69) is 6.92 Å². The van der Waals surface area contributed by atoms with Gasteiger partial charge in [0.2, 0.25) is 0 Å². The number of hydrogen-bond donors (Lipinski definition) is 0. The summed E-state index contributed by atoms with van der Waals surface area (Å²) in [5.74, 6) is 0. The van der Waals surface area contributed by atoms with Gasteiger partial charge in [0.25, 0.3) is 0 Å². The van der Waals surface area contributed by atoms with Crippen LogP contribution in [0.4, 0.5) is 0 Å². The number of rotatable bonds is 12. The van der Waals surface area contributed by atoms with Crippen molar-refractivity contribution >= 4 is 8.80 Å². The first-order valence-corrected chi connectivity index (χ1v) is 8.67. The molecule has 4 nitrogen and oxygen atoms in total. The molecule has 0 unspecified atom stereocenters. The molecule has 0 aliphatic carbocycles. The Hall–Kier alpha value is 0.0569. The van der Waals surface area contributed by atoms with E-state index < -0.39 is 8.80 Å². The van der Waals surface area contributed by atoms with Crippen molar-refractivity contribution in [3.05, 3.63) is 0 Å². The molecule has 0 radical (unpaired) electrons. The van der Waals surface area contributed by atoms with Crippen LogP contribution in [-0.4, -0.2) is 41.8 Å². The third-order valence-corrected chi connectivity index (χ3v) is 5.36. The lowest BCUT2D eigenvalue weighted by Gasteiger charge is -2.28. The molecule has 0 aromatic rings. The molecular formula is C12H28O4Si. The topological polar surface area (TPSA) is 36.9 Å². The van der Waals surface area contributed by atoms with E-state index in [1.165, 1.54) is 0 Å². The second kappa shape index (κ2) is 11.2. The quantitative estimate of drug-likeness (QED) is 0.401. The molecule has 104 valence electrons. The summed E-state index contributed by atoms with van der Waals surface area (Å²) in [4.78, 5) is 0. The molecule has 0 bridgehead atoms. The van der Waals surface area contributed by atoms with Gasteiger partial charge in [-0.1, -0.05) is 6.92 Å². The number of hydrogen-bond acceptors (Lipinski definition) is 4. The van der Waals surface area contributed by atoms with Crippen LogP contribution in [0.1, 0.15) is 40.5 Å². The molecule has 0 amide bonds. The highest BCUT2D eigenvalue weighted by molar-refractivity contribution is 6.60. The highest BCUT2D eigenvalue weighted by atomic mass is 28.4. The van der Waals surface area contributed by atoms with Gasteiger partial charge in [-0.3, -0.25) is 0 Å². The van der Waals surface area contributed by atoms with Gasteiger partial charge in [0, 0.05) is 39.1 Å². The molecule has 0 atom stereocenters. The van der Waals surface area contributed by atoms with Crippen molar-refractivity contribution < 1.29 is 18.0 Å². The summed E-state index contributed by atoms with van der Waals surface area (Å²) in [6.07, 6.45) is 2.00. The maximum Gasteiger partial charge on any atom is 0.501 e. The molecular weight excluding hydrogens is 236 g/mol. The maximum atomic E-state index is 5.76. The van der Waals surface area contributed by atoms with Gasteiger partial charge in [-0.2, -0.15) is 0 Å². The Morgan fingerprint density at radius 3 is 1.71 bits per heavy atom. The molecule has 0 rings (SSSR count). The van der Waals surface area contributed by atoms with Crippen molar-refractivity contribution in [2.75, 3.05) is 33.0 Å². The van der Waals surface area contributed by atoms with E-state index in [0.717, 1.165) is 32.1 Å². The summed E-state index contributed by atoms with van der Waals surface area (Å²) in [7, 11) is -2.44. The van der Waals surface area contributed by atoms with Crippen LogP contribution < -0.4 is 0 Å². The monoisotopic (exact) mass is 264 g/mol. The van der Waals surface area contributed by atoms with Crippen LogP contribution >= 0.6 is 0 Å². The van der Waals surface area contributed by atoms with Crippen LogP contribution in [0.15, 0.2) is 0 Å². The fourth-order valence-electron chi connectivity index (χ4n) is 1.64. The SMILES string of the molecule is CCCOCCC[Si](OCC)(OCC)OCC. The van der Waals surface area contributed by atoms with E-state index in [0.29, 0.717) is 19.8 Å². The largest absolute Gasteiger partial charge is 0.501 e. The minimum Gasteiger partial charge on any atom is -0.381 e. The van der Waals surface area contributed by atoms with Gasteiger partial charge in [0.05, 0.1) is 0 Å². The van der Waals surface area contributed by atoms with E-state index in [1.54, 1.807) is 0 Å². The lowest BCUT2D eigenvalue weighted by atomic mass is 10.5.